The minimum Gasteiger partial charge on any atom is -0.372 e. The summed E-state index contributed by atoms with van der Waals surface area (Å²) in [4.78, 5) is 27.4. The summed E-state index contributed by atoms with van der Waals surface area (Å²) in [6, 6.07) is 12.9. The molecule has 1 amide bonds. The van der Waals surface area contributed by atoms with Crippen molar-refractivity contribution in [2.45, 2.75) is 32.7 Å². The van der Waals surface area contributed by atoms with E-state index in [-0.39, 0.29) is 11.6 Å². The molecule has 0 N–H and O–H groups in total. The fourth-order valence-electron chi connectivity index (χ4n) is 3.57. The molecule has 1 aliphatic heterocycles. The van der Waals surface area contributed by atoms with Gasteiger partial charge in [0.25, 0.3) is 11.6 Å². The lowest BCUT2D eigenvalue weighted by Crippen LogP contribution is -2.29. The van der Waals surface area contributed by atoms with Crippen LogP contribution in [-0.4, -0.2) is 35.9 Å². The van der Waals surface area contributed by atoms with Crippen LogP contribution in [0.15, 0.2) is 42.5 Å². The van der Waals surface area contributed by atoms with E-state index in [1.54, 1.807) is 31.0 Å². The van der Waals surface area contributed by atoms with Crippen LogP contribution in [0.5, 0.6) is 0 Å². The number of nitro groups is 1. The first-order valence-corrected chi connectivity index (χ1v) is 9.30. The Balaban J connectivity index is 1.69. The van der Waals surface area contributed by atoms with Crippen molar-refractivity contribution in [1.29, 1.82) is 0 Å². The third-order valence-electron chi connectivity index (χ3n) is 5.16. The van der Waals surface area contributed by atoms with Gasteiger partial charge in [-0.05, 0) is 49.9 Å². The lowest BCUT2D eigenvalue weighted by Gasteiger charge is -2.29. The first kappa shape index (κ1) is 18.9. The molecule has 6 heteroatoms. The fraction of sp³-hybridized carbons (Fsp3) is 0.381. The second kappa shape index (κ2) is 8.20. The second-order valence-electron chi connectivity index (χ2n) is 7.08. The summed E-state index contributed by atoms with van der Waals surface area (Å²) in [7, 11) is 1.72. The molecular weight excluding hydrogens is 342 g/mol. The molecule has 1 fully saturated rings. The summed E-state index contributed by atoms with van der Waals surface area (Å²) in [5, 5.41) is 11.1. The van der Waals surface area contributed by atoms with E-state index in [9.17, 15) is 14.9 Å². The number of carbonyl (C=O) groups excluding carboxylic acids is 1. The smallest absolute Gasteiger partial charge is 0.273 e. The first-order chi connectivity index (χ1) is 13.0. The molecule has 0 saturated carbocycles. The van der Waals surface area contributed by atoms with Crippen LogP contribution in [0, 0.1) is 17.0 Å². The predicted octanol–water partition coefficient (Wildman–Crippen LogP) is 4.17. The summed E-state index contributed by atoms with van der Waals surface area (Å²) in [6.45, 7) is 4.28. The number of carbonyl (C=O) groups is 1. The minimum atomic E-state index is -0.453. The number of nitro benzene ring substituents is 1. The minimum absolute atomic E-state index is 0.0277. The topological polar surface area (TPSA) is 66.7 Å². The zero-order valence-electron chi connectivity index (χ0n) is 15.9. The van der Waals surface area contributed by atoms with Crippen molar-refractivity contribution in [1.82, 2.24) is 4.90 Å². The van der Waals surface area contributed by atoms with Crippen molar-refractivity contribution in [2.24, 2.45) is 0 Å². The number of hydrogen-bond acceptors (Lipinski definition) is 4. The third-order valence-corrected chi connectivity index (χ3v) is 5.16. The average molecular weight is 367 g/mol. The van der Waals surface area contributed by atoms with E-state index < -0.39 is 4.92 Å². The molecule has 6 nitrogen and oxygen atoms in total. The largest absolute Gasteiger partial charge is 0.372 e. The summed E-state index contributed by atoms with van der Waals surface area (Å²) in [6.07, 6.45) is 3.78. The molecule has 1 aliphatic rings. The predicted molar refractivity (Wildman–Crippen MR) is 106 cm³/mol. The van der Waals surface area contributed by atoms with Gasteiger partial charge in [-0.2, -0.15) is 0 Å². The van der Waals surface area contributed by atoms with Crippen LogP contribution in [0.4, 0.5) is 11.4 Å². The molecule has 142 valence electrons. The van der Waals surface area contributed by atoms with Crippen molar-refractivity contribution in [3.05, 3.63) is 69.3 Å². The monoisotopic (exact) mass is 367 g/mol. The zero-order chi connectivity index (χ0) is 19.4. The maximum atomic E-state index is 12.8. The number of hydrogen-bond donors (Lipinski definition) is 0. The summed E-state index contributed by atoms with van der Waals surface area (Å²) >= 11 is 0. The van der Waals surface area contributed by atoms with Crippen molar-refractivity contribution in [3.63, 3.8) is 0 Å². The Labute approximate surface area is 159 Å². The lowest BCUT2D eigenvalue weighted by atomic mass is 10.1. The van der Waals surface area contributed by atoms with Gasteiger partial charge in [0.15, 0.2) is 0 Å². The maximum Gasteiger partial charge on any atom is 0.273 e. The number of amides is 1. The fourth-order valence-corrected chi connectivity index (χ4v) is 3.57. The second-order valence-corrected chi connectivity index (χ2v) is 7.08. The van der Waals surface area contributed by atoms with E-state index >= 15 is 0 Å². The van der Waals surface area contributed by atoms with Crippen molar-refractivity contribution in [3.8, 4) is 0 Å². The van der Waals surface area contributed by atoms with Gasteiger partial charge in [-0.3, -0.25) is 14.9 Å². The Bertz CT molecular complexity index is 827. The van der Waals surface area contributed by atoms with Crippen LogP contribution in [0.2, 0.25) is 0 Å². The third kappa shape index (κ3) is 4.27. The number of rotatable bonds is 5. The normalized spacial score (nSPS) is 14.1. The van der Waals surface area contributed by atoms with Gasteiger partial charge in [-0.25, -0.2) is 0 Å². The van der Waals surface area contributed by atoms with Gasteiger partial charge in [0.05, 0.1) is 4.92 Å². The van der Waals surface area contributed by atoms with Gasteiger partial charge < -0.3 is 9.80 Å². The Hall–Kier alpha value is -2.89. The molecule has 0 aromatic heterocycles. The number of benzene rings is 2. The van der Waals surface area contributed by atoms with E-state index in [0.29, 0.717) is 17.7 Å². The van der Waals surface area contributed by atoms with Crippen molar-refractivity contribution in [2.75, 3.05) is 25.0 Å². The quantitative estimate of drug-likeness (QED) is 0.588. The van der Waals surface area contributed by atoms with Crippen LogP contribution in [-0.2, 0) is 6.54 Å². The first-order valence-electron chi connectivity index (χ1n) is 9.30. The average Bonchev–Trinajstić information content (AvgIpc) is 2.68. The van der Waals surface area contributed by atoms with Crippen LogP contribution in [0.3, 0.4) is 0 Å². The summed E-state index contributed by atoms with van der Waals surface area (Å²) in [5.74, 6) is -0.212. The molecule has 0 atom stereocenters. The van der Waals surface area contributed by atoms with Gasteiger partial charge in [0.2, 0.25) is 0 Å². The molecule has 3 rings (SSSR count). The Morgan fingerprint density at radius 1 is 1.11 bits per heavy atom. The highest BCUT2D eigenvalue weighted by molar-refractivity contribution is 5.96. The molecular formula is C21H25N3O3. The Morgan fingerprint density at radius 3 is 2.41 bits per heavy atom. The molecule has 0 radical (unpaired) electrons. The van der Waals surface area contributed by atoms with Gasteiger partial charge >= 0.3 is 0 Å². The van der Waals surface area contributed by atoms with Crippen LogP contribution >= 0.6 is 0 Å². The van der Waals surface area contributed by atoms with E-state index in [1.165, 1.54) is 31.0 Å². The zero-order valence-corrected chi connectivity index (χ0v) is 15.9. The highest BCUT2D eigenvalue weighted by Gasteiger charge is 2.20. The summed E-state index contributed by atoms with van der Waals surface area (Å²) < 4.78 is 0. The van der Waals surface area contributed by atoms with Gasteiger partial charge in [-0.15, -0.1) is 0 Å². The van der Waals surface area contributed by atoms with Gasteiger partial charge in [-0.1, -0.05) is 18.2 Å². The van der Waals surface area contributed by atoms with Gasteiger partial charge in [0.1, 0.15) is 0 Å². The molecule has 2 aromatic rings. The van der Waals surface area contributed by atoms with Crippen molar-refractivity contribution >= 4 is 17.3 Å². The highest BCUT2D eigenvalue weighted by Crippen LogP contribution is 2.23. The summed E-state index contributed by atoms with van der Waals surface area (Å²) in [5.41, 5.74) is 3.01. The number of nitrogens with zero attached hydrogens (tertiary/aromatic N) is 3. The molecule has 0 bridgehead atoms. The van der Waals surface area contributed by atoms with Crippen LogP contribution in [0.25, 0.3) is 0 Å². The molecule has 27 heavy (non-hydrogen) atoms. The highest BCUT2D eigenvalue weighted by atomic mass is 16.6. The van der Waals surface area contributed by atoms with Crippen molar-refractivity contribution < 1.29 is 9.72 Å². The molecule has 0 unspecified atom stereocenters. The molecule has 0 aliphatic carbocycles. The SMILES string of the molecule is Cc1c(C(=O)N(C)Cc2ccc(N3CCCCC3)cc2)cccc1[N+](=O)[O-]. The molecule has 2 aromatic carbocycles. The Morgan fingerprint density at radius 2 is 1.78 bits per heavy atom. The molecule has 0 spiro atoms. The van der Waals surface area contributed by atoms with Crippen LogP contribution in [0.1, 0.15) is 40.7 Å². The van der Waals surface area contributed by atoms with Gasteiger partial charge in [0, 0.05) is 49.6 Å². The van der Waals surface area contributed by atoms with E-state index in [1.807, 2.05) is 12.1 Å². The van der Waals surface area contributed by atoms with E-state index in [4.69, 9.17) is 0 Å². The molecule has 1 heterocycles. The van der Waals surface area contributed by atoms with E-state index in [0.717, 1.165) is 18.7 Å². The van der Waals surface area contributed by atoms with Crippen LogP contribution < -0.4 is 4.90 Å². The lowest BCUT2D eigenvalue weighted by molar-refractivity contribution is -0.385. The standard InChI is InChI=1S/C21H25N3O3/c1-16-19(7-6-8-20(16)24(26)27)21(25)22(2)15-17-9-11-18(12-10-17)23-13-4-3-5-14-23/h6-12H,3-5,13-15H2,1-2H3. The number of piperidine rings is 1. The van der Waals surface area contributed by atoms with E-state index in [2.05, 4.69) is 17.0 Å². The number of anilines is 1. The molecule has 1 saturated heterocycles. The Kier molecular flexibility index (Phi) is 5.74. The maximum absolute atomic E-state index is 12.8.